The number of nitrogens with one attached hydrogen (secondary N) is 2. The maximum Gasteiger partial charge on any atom is 0.242 e. The molecule has 0 aliphatic rings. The molecular formula is C20H26N2O3. The fourth-order valence-corrected chi connectivity index (χ4v) is 2.54. The van der Waals surface area contributed by atoms with Crippen molar-refractivity contribution in [1.82, 2.24) is 5.32 Å². The van der Waals surface area contributed by atoms with Crippen LogP contribution in [-0.4, -0.2) is 26.2 Å². The third-order valence-corrected chi connectivity index (χ3v) is 4.28. The summed E-state index contributed by atoms with van der Waals surface area (Å²) in [5.41, 5.74) is 4.28. The molecule has 1 unspecified atom stereocenters. The van der Waals surface area contributed by atoms with Crippen LogP contribution in [0.4, 0.5) is 5.69 Å². The van der Waals surface area contributed by atoms with Crippen molar-refractivity contribution in [2.75, 3.05) is 19.5 Å². The van der Waals surface area contributed by atoms with Crippen molar-refractivity contribution in [3.05, 3.63) is 53.1 Å². The molecule has 0 spiro atoms. The van der Waals surface area contributed by atoms with E-state index in [2.05, 4.69) is 23.6 Å². The van der Waals surface area contributed by atoms with E-state index in [1.165, 1.54) is 5.56 Å². The minimum atomic E-state index is -0.333. The van der Waals surface area contributed by atoms with Crippen LogP contribution in [0.15, 0.2) is 36.4 Å². The molecular weight excluding hydrogens is 316 g/mol. The molecule has 1 atom stereocenters. The first-order valence-corrected chi connectivity index (χ1v) is 8.27. The van der Waals surface area contributed by atoms with Gasteiger partial charge < -0.3 is 20.1 Å². The van der Waals surface area contributed by atoms with Crippen LogP contribution in [0.1, 0.15) is 23.6 Å². The largest absolute Gasteiger partial charge is 0.493 e. The molecule has 0 aliphatic heterocycles. The van der Waals surface area contributed by atoms with Crippen LogP contribution in [0.5, 0.6) is 11.5 Å². The van der Waals surface area contributed by atoms with Crippen LogP contribution in [0, 0.1) is 13.8 Å². The number of methoxy groups -OCH3 is 2. The Kier molecular flexibility index (Phi) is 6.28. The molecule has 134 valence electrons. The highest BCUT2D eigenvalue weighted by Gasteiger charge is 2.14. The third-order valence-electron chi connectivity index (χ3n) is 4.28. The number of carbonyl (C=O) groups excluding carboxylic acids is 1. The molecule has 2 aromatic rings. The molecule has 0 bridgehead atoms. The number of hydrogen-bond acceptors (Lipinski definition) is 4. The second-order valence-corrected chi connectivity index (χ2v) is 6.02. The molecule has 0 aromatic heterocycles. The summed E-state index contributed by atoms with van der Waals surface area (Å²) in [5, 5.41) is 6.22. The predicted molar refractivity (Wildman–Crippen MR) is 100 cm³/mol. The standard InChI is InChI=1S/C20H26N2O3/c1-13-7-6-8-17(14(13)2)22-15(3)20(23)21-12-16-9-10-18(24-4)19(11-16)25-5/h6-11,15,22H,12H2,1-5H3,(H,21,23). The second-order valence-electron chi connectivity index (χ2n) is 6.02. The van der Waals surface area contributed by atoms with Gasteiger partial charge in [0.25, 0.3) is 0 Å². The number of benzene rings is 2. The molecule has 5 nitrogen and oxygen atoms in total. The van der Waals surface area contributed by atoms with Gasteiger partial charge in [-0.25, -0.2) is 0 Å². The normalized spacial score (nSPS) is 11.6. The van der Waals surface area contributed by atoms with Crippen LogP contribution in [-0.2, 0) is 11.3 Å². The van der Waals surface area contributed by atoms with Gasteiger partial charge in [0, 0.05) is 12.2 Å². The van der Waals surface area contributed by atoms with Crippen LogP contribution >= 0.6 is 0 Å². The lowest BCUT2D eigenvalue weighted by Crippen LogP contribution is -2.37. The van der Waals surface area contributed by atoms with Gasteiger partial charge in [0.05, 0.1) is 14.2 Å². The highest BCUT2D eigenvalue weighted by molar-refractivity contribution is 5.84. The number of ether oxygens (including phenoxy) is 2. The molecule has 0 fully saturated rings. The van der Waals surface area contributed by atoms with E-state index in [4.69, 9.17) is 9.47 Å². The van der Waals surface area contributed by atoms with Crippen molar-refractivity contribution in [2.24, 2.45) is 0 Å². The van der Waals surface area contributed by atoms with E-state index in [1.807, 2.05) is 44.2 Å². The zero-order valence-corrected chi connectivity index (χ0v) is 15.5. The molecule has 0 aliphatic carbocycles. The molecule has 5 heteroatoms. The van der Waals surface area contributed by atoms with E-state index in [0.717, 1.165) is 16.8 Å². The van der Waals surface area contributed by atoms with Gasteiger partial charge in [0.1, 0.15) is 6.04 Å². The van der Waals surface area contributed by atoms with Crippen molar-refractivity contribution in [2.45, 2.75) is 33.4 Å². The molecule has 0 saturated carbocycles. The minimum Gasteiger partial charge on any atom is -0.493 e. The fraction of sp³-hybridized carbons (Fsp3) is 0.350. The summed E-state index contributed by atoms with van der Waals surface area (Å²) in [4.78, 5) is 12.4. The van der Waals surface area contributed by atoms with Crippen molar-refractivity contribution in [1.29, 1.82) is 0 Å². The Labute approximate surface area is 149 Å². The summed E-state index contributed by atoms with van der Waals surface area (Å²) < 4.78 is 10.5. The van der Waals surface area contributed by atoms with E-state index < -0.39 is 0 Å². The summed E-state index contributed by atoms with van der Waals surface area (Å²) in [6.07, 6.45) is 0. The van der Waals surface area contributed by atoms with E-state index >= 15 is 0 Å². The maximum absolute atomic E-state index is 12.4. The van der Waals surface area contributed by atoms with Gasteiger partial charge in [0.2, 0.25) is 5.91 Å². The van der Waals surface area contributed by atoms with Gasteiger partial charge in [-0.3, -0.25) is 4.79 Å². The Morgan fingerprint density at radius 2 is 1.80 bits per heavy atom. The Morgan fingerprint density at radius 3 is 2.48 bits per heavy atom. The highest BCUT2D eigenvalue weighted by atomic mass is 16.5. The monoisotopic (exact) mass is 342 g/mol. The van der Waals surface area contributed by atoms with Gasteiger partial charge in [-0.1, -0.05) is 18.2 Å². The van der Waals surface area contributed by atoms with Gasteiger partial charge in [-0.2, -0.15) is 0 Å². The smallest absolute Gasteiger partial charge is 0.242 e. The van der Waals surface area contributed by atoms with Crippen molar-refractivity contribution >= 4 is 11.6 Å². The molecule has 1 amide bonds. The Morgan fingerprint density at radius 1 is 1.08 bits per heavy atom. The number of carbonyl (C=O) groups is 1. The predicted octanol–water partition coefficient (Wildman–Crippen LogP) is 3.44. The van der Waals surface area contributed by atoms with Crippen LogP contribution in [0.2, 0.25) is 0 Å². The maximum atomic E-state index is 12.4. The minimum absolute atomic E-state index is 0.0595. The third kappa shape index (κ3) is 4.66. The number of aryl methyl sites for hydroxylation is 1. The molecule has 0 saturated heterocycles. The number of hydrogen-bond donors (Lipinski definition) is 2. The Balaban J connectivity index is 1.96. The average Bonchev–Trinajstić information content (AvgIpc) is 2.63. The Hall–Kier alpha value is -2.69. The van der Waals surface area contributed by atoms with Crippen molar-refractivity contribution in [3.63, 3.8) is 0 Å². The first kappa shape index (κ1) is 18.6. The van der Waals surface area contributed by atoms with Gasteiger partial charge in [-0.15, -0.1) is 0 Å². The number of amides is 1. The fourth-order valence-electron chi connectivity index (χ4n) is 2.54. The molecule has 0 radical (unpaired) electrons. The quantitative estimate of drug-likeness (QED) is 0.809. The molecule has 25 heavy (non-hydrogen) atoms. The van der Waals surface area contributed by atoms with Gasteiger partial charge >= 0.3 is 0 Å². The SMILES string of the molecule is COc1ccc(CNC(=O)C(C)Nc2cccc(C)c2C)cc1OC. The van der Waals surface area contributed by atoms with Crippen molar-refractivity contribution < 1.29 is 14.3 Å². The first-order chi connectivity index (χ1) is 12.0. The molecule has 2 N–H and O–H groups in total. The molecule has 2 rings (SSSR count). The van der Waals surface area contributed by atoms with Gasteiger partial charge in [0.15, 0.2) is 11.5 Å². The first-order valence-electron chi connectivity index (χ1n) is 8.27. The zero-order chi connectivity index (χ0) is 18.4. The van der Waals surface area contributed by atoms with Crippen LogP contribution in [0.25, 0.3) is 0 Å². The average molecular weight is 342 g/mol. The Bertz CT molecular complexity index is 744. The lowest BCUT2D eigenvalue weighted by atomic mass is 10.1. The molecule has 2 aromatic carbocycles. The van der Waals surface area contributed by atoms with Gasteiger partial charge in [-0.05, 0) is 55.7 Å². The lowest BCUT2D eigenvalue weighted by Gasteiger charge is -2.18. The summed E-state index contributed by atoms with van der Waals surface area (Å²) in [6, 6.07) is 11.3. The number of rotatable bonds is 7. The van der Waals surface area contributed by atoms with Crippen LogP contribution in [0.3, 0.4) is 0 Å². The molecule has 0 heterocycles. The highest BCUT2D eigenvalue weighted by Crippen LogP contribution is 2.27. The zero-order valence-electron chi connectivity index (χ0n) is 15.5. The van der Waals surface area contributed by atoms with Crippen LogP contribution < -0.4 is 20.1 Å². The van der Waals surface area contributed by atoms with E-state index in [-0.39, 0.29) is 11.9 Å². The van der Waals surface area contributed by atoms with E-state index in [1.54, 1.807) is 14.2 Å². The number of anilines is 1. The lowest BCUT2D eigenvalue weighted by molar-refractivity contribution is -0.121. The summed E-state index contributed by atoms with van der Waals surface area (Å²) in [7, 11) is 3.19. The van der Waals surface area contributed by atoms with E-state index in [9.17, 15) is 4.79 Å². The topological polar surface area (TPSA) is 59.6 Å². The van der Waals surface area contributed by atoms with Crippen molar-refractivity contribution in [3.8, 4) is 11.5 Å². The summed E-state index contributed by atoms with van der Waals surface area (Å²) in [6.45, 7) is 6.39. The second kappa shape index (κ2) is 8.42. The summed E-state index contributed by atoms with van der Waals surface area (Å²) in [5.74, 6) is 1.26. The van der Waals surface area contributed by atoms with E-state index in [0.29, 0.717) is 18.0 Å². The summed E-state index contributed by atoms with van der Waals surface area (Å²) >= 11 is 0.